The smallest absolute Gasteiger partial charge is 0.308 e. The van der Waals surface area contributed by atoms with Crippen LogP contribution < -0.4 is 10.5 Å². The van der Waals surface area contributed by atoms with Gasteiger partial charge >= 0.3 is 5.97 Å². The average Bonchev–Trinajstić information content (AvgIpc) is 2.31. The van der Waals surface area contributed by atoms with E-state index in [0.717, 1.165) is 0 Å². The van der Waals surface area contributed by atoms with E-state index in [1.54, 1.807) is 6.07 Å². The van der Waals surface area contributed by atoms with Crippen molar-refractivity contribution in [3.63, 3.8) is 0 Å². The van der Waals surface area contributed by atoms with Crippen LogP contribution in [0.15, 0.2) is 18.2 Å². The lowest BCUT2D eigenvalue weighted by Gasteiger charge is -2.13. The van der Waals surface area contributed by atoms with Gasteiger partial charge in [-0.25, -0.2) is 4.39 Å². The summed E-state index contributed by atoms with van der Waals surface area (Å²) in [7, 11) is 1.32. The molecule has 0 aromatic heterocycles. The molecule has 18 heavy (non-hydrogen) atoms. The van der Waals surface area contributed by atoms with Crippen molar-refractivity contribution < 1.29 is 18.7 Å². The van der Waals surface area contributed by atoms with Crippen LogP contribution in [0.3, 0.4) is 0 Å². The van der Waals surface area contributed by atoms with Gasteiger partial charge in [-0.1, -0.05) is 0 Å². The third kappa shape index (κ3) is 4.71. The van der Waals surface area contributed by atoms with Crippen molar-refractivity contribution in [2.24, 2.45) is 5.73 Å². The normalized spacial score (nSPS) is 12.0. The van der Waals surface area contributed by atoms with Crippen molar-refractivity contribution in [1.29, 1.82) is 0 Å². The van der Waals surface area contributed by atoms with Crippen LogP contribution in [0.1, 0.15) is 18.9 Å². The molecule has 0 heterocycles. The van der Waals surface area contributed by atoms with E-state index in [9.17, 15) is 9.18 Å². The molecule has 1 aromatic carbocycles. The van der Waals surface area contributed by atoms with Gasteiger partial charge in [-0.3, -0.25) is 4.79 Å². The number of carbonyl (C=O) groups is 1. The van der Waals surface area contributed by atoms with Gasteiger partial charge in [0.15, 0.2) is 0 Å². The first kappa shape index (κ1) is 14.4. The predicted octanol–water partition coefficient (Wildman–Crippen LogP) is 1.66. The lowest BCUT2D eigenvalue weighted by atomic mass is 10.1. The second-order valence-corrected chi connectivity index (χ2v) is 4.11. The molecule has 100 valence electrons. The Hall–Kier alpha value is -1.62. The van der Waals surface area contributed by atoms with Crippen molar-refractivity contribution in [1.82, 2.24) is 0 Å². The molecule has 0 fully saturated rings. The quantitative estimate of drug-likeness (QED) is 0.785. The topological polar surface area (TPSA) is 61.5 Å². The molecule has 1 unspecified atom stereocenters. The number of nitrogens with two attached hydrogens (primary N) is 1. The Labute approximate surface area is 106 Å². The average molecular weight is 255 g/mol. The molecule has 1 rings (SSSR count). The van der Waals surface area contributed by atoms with Crippen LogP contribution >= 0.6 is 0 Å². The van der Waals surface area contributed by atoms with Gasteiger partial charge in [0.25, 0.3) is 0 Å². The second-order valence-electron chi connectivity index (χ2n) is 4.11. The number of halogens is 1. The number of rotatable bonds is 6. The van der Waals surface area contributed by atoms with Gasteiger partial charge in [0.05, 0.1) is 20.1 Å². The Morgan fingerprint density at radius 3 is 2.83 bits per heavy atom. The highest BCUT2D eigenvalue weighted by Gasteiger charge is 2.09. The number of benzene rings is 1. The molecule has 0 aliphatic rings. The van der Waals surface area contributed by atoms with Crippen LogP contribution in [0.5, 0.6) is 5.75 Å². The largest absolute Gasteiger partial charge is 0.493 e. The van der Waals surface area contributed by atoms with Gasteiger partial charge < -0.3 is 15.2 Å². The van der Waals surface area contributed by atoms with Crippen LogP contribution in [0.25, 0.3) is 0 Å². The van der Waals surface area contributed by atoms with E-state index < -0.39 is 0 Å². The third-order valence-corrected chi connectivity index (χ3v) is 2.36. The molecule has 4 nitrogen and oxygen atoms in total. The molecule has 5 heteroatoms. The maximum Gasteiger partial charge on any atom is 0.308 e. The summed E-state index contributed by atoms with van der Waals surface area (Å²) < 4.78 is 23.1. The zero-order chi connectivity index (χ0) is 13.5. The molecular weight excluding hydrogens is 237 g/mol. The molecule has 1 atom stereocenters. The summed E-state index contributed by atoms with van der Waals surface area (Å²) in [5.74, 6) is -0.116. The second kappa shape index (κ2) is 6.96. The minimum atomic E-state index is -0.342. The van der Waals surface area contributed by atoms with Crippen LogP contribution in [0.4, 0.5) is 4.39 Å². The van der Waals surface area contributed by atoms with E-state index in [1.807, 2.05) is 6.92 Å². The van der Waals surface area contributed by atoms with Crippen molar-refractivity contribution >= 4 is 5.97 Å². The maximum atomic E-state index is 13.1. The molecule has 0 amide bonds. The maximum absolute atomic E-state index is 13.1. The van der Waals surface area contributed by atoms with Crippen LogP contribution in [-0.2, 0) is 16.0 Å². The van der Waals surface area contributed by atoms with Crippen LogP contribution in [-0.4, -0.2) is 25.7 Å². The van der Waals surface area contributed by atoms with Crippen LogP contribution in [0, 0.1) is 5.82 Å². The van der Waals surface area contributed by atoms with Crippen molar-refractivity contribution in [2.45, 2.75) is 25.8 Å². The number of methoxy groups -OCH3 is 1. The van der Waals surface area contributed by atoms with E-state index in [0.29, 0.717) is 17.7 Å². The standard InChI is InChI=1S/C13H18FNO3/c1-9(15)7-10-8-11(14)3-4-12(10)18-6-5-13(16)17-2/h3-4,8-9H,5-7,15H2,1-2H3. The van der Waals surface area contributed by atoms with Gasteiger partial charge in [-0.2, -0.15) is 0 Å². The third-order valence-electron chi connectivity index (χ3n) is 2.36. The minimum Gasteiger partial charge on any atom is -0.493 e. The molecule has 0 saturated heterocycles. The van der Waals surface area contributed by atoms with Gasteiger partial charge in [-0.05, 0) is 37.1 Å². The molecule has 0 radical (unpaired) electrons. The number of ether oxygens (including phenoxy) is 2. The first-order chi connectivity index (χ1) is 8.52. The van der Waals surface area contributed by atoms with Gasteiger partial charge in [0, 0.05) is 6.04 Å². The zero-order valence-electron chi connectivity index (χ0n) is 10.6. The Balaban J connectivity index is 2.66. The van der Waals surface area contributed by atoms with Gasteiger partial charge in [0.1, 0.15) is 11.6 Å². The first-order valence-electron chi connectivity index (χ1n) is 5.76. The zero-order valence-corrected chi connectivity index (χ0v) is 10.6. The summed E-state index contributed by atoms with van der Waals surface area (Å²) in [6, 6.07) is 4.18. The predicted molar refractivity (Wildman–Crippen MR) is 65.9 cm³/mol. The fourth-order valence-electron chi connectivity index (χ4n) is 1.54. The Morgan fingerprint density at radius 2 is 2.22 bits per heavy atom. The molecule has 0 saturated carbocycles. The Bertz CT molecular complexity index is 407. The van der Waals surface area contributed by atoms with E-state index in [-0.39, 0.29) is 30.9 Å². The SMILES string of the molecule is COC(=O)CCOc1ccc(F)cc1CC(C)N. The lowest BCUT2D eigenvalue weighted by molar-refractivity contribution is -0.141. The molecule has 0 aliphatic carbocycles. The van der Waals surface area contributed by atoms with E-state index in [1.165, 1.54) is 19.2 Å². The first-order valence-corrected chi connectivity index (χ1v) is 5.76. The lowest BCUT2D eigenvalue weighted by Crippen LogP contribution is -2.18. The van der Waals surface area contributed by atoms with Crippen molar-refractivity contribution in [2.75, 3.05) is 13.7 Å². The Morgan fingerprint density at radius 1 is 1.50 bits per heavy atom. The van der Waals surface area contributed by atoms with Gasteiger partial charge in [-0.15, -0.1) is 0 Å². The molecular formula is C13H18FNO3. The minimum absolute atomic E-state index is 0.0882. The number of hydrogen-bond donors (Lipinski definition) is 1. The molecule has 2 N–H and O–H groups in total. The summed E-state index contributed by atoms with van der Waals surface area (Å²) in [6.45, 7) is 2.04. The van der Waals surface area contributed by atoms with E-state index in [2.05, 4.69) is 4.74 Å². The van der Waals surface area contributed by atoms with E-state index >= 15 is 0 Å². The summed E-state index contributed by atoms with van der Waals surface area (Å²) in [4.78, 5) is 10.9. The summed E-state index contributed by atoms with van der Waals surface area (Å²) in [6.07, 6.45) is 0.677. The number of hydrogen-bond acceptors (Lipinski definition) is 4. The summed E-state index contributed by atoms with van der Waals surface area (Å²) in [5.41, 5.74) is 6.39. The molecule has 1 aromatic rings. The number of esters is 1. The van der Waals surface area contributed by atoms with Gasteiger partial charge in [0.2, 0.25) is 0 Å². The molecule has 0 spiro atoms. The number of carbonyl (C=O) groups excluding carboxylic acids is 1. The fourth-order valence-corrected chi connectivity index (χ4v) is 1.54. The van der Waals surface area contributed by atoms with E-state index in [4.69, 9.17) is 10.5 Å². The fraction of sp³-hybridized carbons (Fsp3) is 0.462. The summed E-state index contributed by atoms with van der Waals surface area (Å²) in [5, 5.41) is 0. The molecule has 0 bridgehead atoms. The highest BCUT2D eigenvalue weighted by atomic mass is 19.1. The highest BCUT2D eigenvalue weighted by Crippen LogP contribution is 2.21. The Kier molecular flexibility index (Phi) is 5.58. The van der Waals surface area contributed by atoms with Crippen LogP contribution in [0.2, 0.25) is 0 Å². The highest BCUT2D eigenvalue weighted by molar-refractivity contribution is 5.69. The van der Waals surface area contributed by atoms with Crippen molar-refractivity contribution in [3.8, 4) is 5.75 Å². The summed E-state index contributed by atoms with van der Waals surface area (Å²) >= 11 is 0. The molecule has 0 aliphatic heterocycles. The monoisotopic (exact) mass is 255 g/mol. The van der Waals surface area contributed by atoms with Crippen molar-refractivity contribution in [3.05, 3.63) is 29.6 Å².